The number of rotatable bonds is 8. The summed E-state index contributed by atoms with van der Waals surface area (Å²) in [6.07, 6.45) is 5.19. The van der Waals surface area contributed by atoms with Gasteiger partial charge >= 0.3 is 0 Å². The summed E-state index contributed by atoms with van der Waals surface area (Å²) >= 11 is 0. The third-order valence-electron chi connectivity index (χ3n) is 3.19. The summed E-state index contributed by atoms with van der Waals surface area (Å²) in [5, 5.41) is 10.3. The second kappa shape index (κ2) is 9.97. The molecule has 0 aliphatic heterocycles. The highest BCUT2D eigenvalue weighted by Gasteiger charge is 2.03. The maximum atomic E-state index is 11.6. The van der Waals surface area contributed by atoms with Crippen LogP contribution in [-0.4, -0.2) is 29.3 Å². The highest BCUT2D eigenvalue weighted by Crippen LogP contribution is 2.04. The van der Waals surface area contributed by atoms with Crippen molar-refractivity contribution in [3.8, 4) is 0 Å². The minimum Gasteiger partial charge on any atom is -0.352 e. The molecule has 0 radical (unpaired) electrons. The van der Waals surface area contributed by atoms with Gasteiger partial charge in [-0.1, -0.05) is 30.3 Å². The summed E-state index contributed by atoms with van der Waals surface area (Å²) in [6.45, 7) is 2.15. The Bertz CT molecular complexity index is 556. The van der Waals surface area contributed by atoms with Crippen LogP contribution in [-0.2, 0) is 17.9 Å². The number of amides is 1. The first-order valence-corrected chi connectivity index (χ1v) is 7.24. The predicted molar refractivity (Wildman–Crippen MR) is 90.0 cm³/mol. The third kappa shape index (κ3) is 6.28. The van der Waals surface area contributed by atoms with Crippen LogP contribution in [0.2, 0.25) is 0 Å². The van der Waals surface area contributed by atoms with Gasteiger partial charge in [0.2, 0.25) is 5.91 Å². The number of halogens is 1. The highest BCUT2D eigenvalue weighted by molar-refractivity contribution is 5.85. The fraction of sp³-hybridized carbons (Fsp3) is 0.375. The topological polar surface area (TPSA) is 59.0 Å². The molecule has 0 bridgehead atoms. The Morgan fingerprint density at radius 2 is 2.00 bits per heavy atom. The Hall–Kier alpha value is -1.85. The first kappa shape index (κ1) is 18.2. The Labute approximate surface area is 137 Å². The number of aromatic nitrogens is 2. The van der Waals surface area contributed by atoms with Gasteiger partial charge in [0.15, 0.2) is 0 Å². The van der Waals surface area contributed by atoms with E-state index in [1.165, 1.54) is 5.56 Å². The summed E-state index contributed by atoms with van der Waals surface area (Å²) in [5.74, 6) is 0.0843. The monoisotopic (exact) mass is 322 g/mol. The van der Waals surface area contributed by atoms with E-state index < -0.39 is 0 Å². The van der Waals surface area contributed by atoms with Crippen LogP contribution < -0.4 is 10.6 Å². The molecule has 22 heavy (non-hydrogen) atoms. The molecule has 0 saturated carbocycles. The number of hydrogen-bond donors (Lipinski definition) is 2. The van der Waals surface area contributed by atoms with Gasteiger partial charge in [-0.05, 0) is 25.6 Å². The molecule has 0 aliphatic rings. The van der Waals surface area contributed by atoms with Crippen LogP contribution >= 0.6 is 12.4 Å². The summed E-state index contributed by atoms with van der Waals surface area (Å²) in [7, 11) is 1.89. The van der Waals surface area contributed by atoms with Crippen molar-refractivity contribution < 1.29 is 4.79 Å². The second-order valence-corrected chi connectivity index (χ2v) is 5.02. The Morgan fingerprint density at radius 3 is 2.73 bits per heavy atom. The van der Waals surface area contributed by atoms with Crippen LogP contribution in [0.4, 0.5) is 0 Å². The second-order valence-electron chi connectivity index (χ2n) is 5.02. The minimum atomic E-state index is 0. The maximum Gasteiger partial charge on any atom is 0.220 e. The fourth-order valence-electron chi connectivity index (χ4n) is 2.07. The van der Waals surface area contributed by atoms with Crippen molar-refractivity contribution in [2.24, 2.45) is 0 Å². The lowest BCUT2D eigenvalue weighted by molar-refractivity contribution is -0.121. The number of carbonyl (C=O) groups is 1. The number of carbonyl (C=O) groups excluding carboxylic acids is 1. The van der Waals surface area contributed by atoms with Crippen LogP contribution in [0, 0.1) is 0 Å². The molecular weight excluding hydrogens is 300 g/mol. The van der Waals surface area contributed by atoms with E-state index >= 15 is 0 Å². The molecule has 120 valence electrons. The van der Waals surface area contributed by atoms with Gasteiger partial charge in [-0.25, -0.2) is 0 Å². The van der Waals surface area contributed by atoms with Crippen molar-refractivity contribution in [2.75, 3.05) is 13.6 Å². The molecule has 1 amide bonds. The van der Waals surface area contributed by atoms with Gasteiger partial charge < -0.3 is 10.6 Å². The van der Waals surface area contributed by atoms with E-state index in [0.717, 1.165) is 25.1 Å². The van der Waals surface area contributed by atoms with Gasteiger partial charge in [0.1, 0.15) is 0 Å². The van der Waals surface area contributed by atoms with Crippen LogP contribution in [0.5, 0.6) is 0 Å². The summed E-state index contributed by atoms with van der Waals surface area (Å²) in [5.41, 5.74) is 2.23. The maximum absolute atomic E-state index is 11.6. The first-order chi connectivity index (χ1) is 10.3. The van der Waals surface area contributed by atoms with Crippen LogP contribution in [0.3, 0.4) is 0 Å². The Balaban J connectivity index is 0.00000242. The van der Waals surface area contributed by atoms with Crippen molar-refractivity contribution in [3.05, 3.63) is 53.9 Å². The lowest BCUT2D eigenvalue weighted by Gasteiger charge is -2.03. The van der Waals surface area contributed by atoms with Gasteiger partial charge in [0.05, 0.1) is 12.7 Å². The fourth-order valence-corrected chi connectivity index (χ4v) is 2.07. The zero-order valence-electron chi connectivity index (χ0n) is 12.8. The average molecular weight is 323 g/mol. The summed E-state index contributed by atoms with van der Waals surface area (Å²) < 4.78 is 1.89. The Kier molecular flexibility index (Phi) is 8.25. The molecule has 5 nitrogen and oxygen atoms in total. The van der Waals surface area contributed by atoms with E-state index in [4.69, 9.17) is 0 Å². The molecule has 0 spiro atoms. The van der Waals surface area contributed by atoms with E-state index in [0.29, 0.717) is 13.0 Å². The Morgan fingerprint density at radius 1 is 1.23 bits per heavy atom. The summed E-state index contributed by atoms with van der Waals surface area (Å²) in [4.78, 5) is 11.6. The van der Waals surface area contributed by atoms with Crippen molar-refractivity contribution >= 4 is 18.3 Å². The normalized spacial score (nSPS) is 10.0. The van der Waals surface area contributed by atoms with E-state index in [2.05, 4.69) is 27.9 Å². The molecule has 0 saturated heterocycles. The van der Waals surface area contributed by atoms with Gasteiger partial charge in [0.25, 0.3) is 0 Å². The molecule has 2 aromatic rings. The number of nitrogens with zero attached hydrogens (tertiary/aromatic N) is 2. The minimum absolute atomic E-state index is 0. The van der Waals surface area contributed by atoms with E-state index in [9.17, 15) is 4.79 Å². The standard InChI is InChI=1S/C16H22N4O.ClH/c1-17-9-5-8-16(21)18-10-15-11-19-20(13-15)12-14-6-3-2-4-7-14;/h2-4,6-7,11,13,17H,5,8-10,12H2,1H3,(H,18,21);1H. The molecule has 0 unspecified atom stereocenters. The quantitative estimate of drug-likeness (QED) is 0.731. The van der Waals surface area contributed by atoms with E-state index in [-0.39, 0.29) is 18.3 Å². The van der Waals surface area contributed by atoms with Crippen molar-refractivity contribution in [1.29, 1.82) is 0 Å². The molecule has 2 N–H and O–H groups in total. The number of nitrogens with one attached hydrogen (secondary N) is 2. The lowest BCUT2D eigenvalue weighted by Crippen LogP contribution is -2.23. The summed E-state index contributed by atoms with van der Waals surface area (Å²) in [6, 6.07) is 10.2. The number of hydrogen-bond acceptors (Lipinski definition) is 3. The van der Waals surface area contributed by atoms with E-state index in [1.807, 2.05) is 36.1 Å². The third-order valence-corrected chi connectivity index (χ3v) is 3.19. The molecule has 6 heteroatoms. The van der Waals surface area contributed by atoms with Crippen LogP contribution in [0.25, 0.3) is 0 Å². The van der Waals surface area contributed by atoms with Crippen molar-refractivity contribution in [3.63, 3.8) is 0 Å². The van der Waals surface area contributed by atoms with Gasteiger partial charge in [-0.15, -0.1) is 12.4 Å². The van der Waals surface area contributed by atoms with Gasteiger partial charge in [0, 0.05) is 24.7 Å². The smallest absolute Gasteiger partial charge is 0.220 e. The zero-order valence-corrected chi connectivity index (χ0v) is 13.6. The van der Waals surface area contributed by atoms with E-state index in [1.54, 1.807) is 6.20 Å². The van der Waals surface area contributed by atoms with Crippen LogP contribution in [0.1, 0.15) is 24.0 Å². The highest BCUT2D eigenvalue weighted by atomic mass is 35.5. The lowest BCUT2D eigenvalue weighted by atomic mass is 10.2. The molecule has 0 fully saturated rings. The molecule has 0 atom stereocenters. The SMILES string of the molecule is CNCCCC(=O)NCc1cnn(Cc2ccccc2)c1.Cl. The first-order valence-electron chi connectivity index (χ1n) is 7.24. The average Bonchev–Trinajstić information content (AvgIpc) is 2.94. The molecular formula is C16H23ClN4O. The van der Waals surface area contributed by atoms with Gasteiger partial charge in [-0.2, -0.15) is 5.10 Å². The van der Waals surface area contributed by atoms with Crippen LogP contribution in [0.15, 0.2) is 42.7 Å². The molecule has 2 rings (SSSR count). The molecule has 0 aliphatic carbocycles. The van der Waals surface area contributed by atoms with Crippen molar-refractivity contribution in [1.82, 2.24) is 20.4 Å². The number of benzene rings is 1. The largest absolute Gasteiger partial charge is 0.352 e. The molecule has 1 aromatic carbocycles. The zero-order chi connectivity index (χ0) is 14.9. The van der Waals surface area contributed by atoms with Gasteiger partial charge in [-0.3, -0.25) is 9.48 Å². The van der Waals surface area contributed by atoms with Crippen molar-refractivity contribution in [2.45, 2.75) is 25.9 Å². The molecule has 1 aromatic heterocycles. The molecule has 1 heterocycles. The predicted octanol–water partition coefficient (Wildman–Crippen LogP) is 1.97.